The molecule has 9 heteroatoms. The summed E-state index contributed by atoms with van der Waals surface area (Å²) in [6.45, 7) is 1.96. The summed E-state index contributed by atoms with van der Waals surface area (Å²) in [6, 6.07) is 11.3. The first-order chi connectivity index (χ1) is 12.1. The fraction of sp³-hybridized carbons (Fsp3) is 0.125. The third-order valence-electron chi connectivity index (χ3n) is 3.49. The van der Waals surface area contributed by atoms with Crippen LogP contribution in [0.1, 0.15) is 18.1 Å². The van der Waals surface area contributed by atoms with Gasteiger partial charge in [-0.1, -0.05) is 53.2 Å². The van der Waals surface area contributed by atoms with Gasteiger partial charge in [-0.25, -0.2) is 0 Å². The second-order valence-corrected chi connectivity index (χ2v) is 7.41. The maximum Gasteiger partial charge on any atom is 0.247 e. The highest BCUT2D eigenvalue weighted by atomic mass is 35.5. The third kappa shape index (κ3) is 3.22. The highest BCUT2D eigenvalue weighted by molar-refractivity contribution is 7.99. The third-order valence-corrected chi connectivity index (χ3v) is 5.02. The Morgan fingerprint density at radius 1 is 1.08 bits per heavy atom. The van der Waals surface area contributed by atoms with Gasteiger partial charge in [0.25, 0.3) is 0 Å². The lowest BCUT2D eigenvalue weighted by Gasteiger charge is -2.05. The number of nitrogens with zero attached hydrogens (tertiary/aromatic N) is 5. The number of rotatable bonds is 4. The van der Waals surface area contributed by atoms with Gasteiger partial charge in [0.1, 0.15) is 0 Å². The summed E-state index contributed by atoms with van der Waals surface area (Å²) in [5.41, 5.74) is 1.43. The van der Waals surface area contributed by atoms with E-state index in [-0.39, 0.29) is 5.25 Å². The van der Waals surface area contributed by atoms with Crippen molar-refractivity contribution in [3.8, 4) is 11.5 Å². The van der Waals surface area contributed by atoms with E-state index in [2.05, 4.69) is 20.4 Å². The molecule has 0 aliphatic rings. The van der Waals surface area contributed by atoms with Crippen LogP contribution < -0.4 is 0 Å². The second kappa shape index (κ2) is 6.67. The monoisotopic (exact) mass is 391 g/mol. The molecule has 0 aliphatic carbocycles. The summed E-state index contributed by atoms with van der Waals surface area (Å²) < 4.78 is 7.54. The quantitative estimate of drug-likeness (QED) is 0.458. The minimum atomic E-state index is -0.116. The molecule has 0 aliphatic heterocycles. The SMILES string of the molecule is C[C@H](Sc1nnc2c(Cl)cc(Cl)cn12)c1nnc(-c2ccccc2)o1. The molecule has 126 valence electrons. The Kier molecular flexibility index (Phi) is 4.37. The van der Waals surface area contributed by atoms with Crippen LogP contribution >= 0.6 is 35.0 Å². The molecule has 6 nitrogen and oxygen atoms in total. The highest BCUT2D eigenvalue weighted by Gasteiger charge is 2.20. The van der Waals surface area contributed by atoms with Crippen molar-refractivity contribution in [3.05, 3.63) is 58.5 Å². The molecular weight excluding hydrogens is 381 g/mol. The van der Waals surface area contributed by atoms with Gasteiger partial charge in [-0.3, -0.25) is 4.40 Å². The standard InChI is InChI=1S/C16H11Cl2N5OS/c1-9(14-20-21-15(24-14)10-5-3-2-4-6-10)25-16-22-19-13-12(18)7-11(17)8-23(13)16/h2-9H,1H3/t9-/m0/s1. The number of pyridine rings is 1. The van der Waals surface area contributed by atoms with Gasteiger partial charge >= 0.3 is 0 Å². The number of thioether (sulfide) groups is 1. The van der Waals surface area contributed by atoms with Gasteiger partial charge in [0, 0.05) is 11.8 Å². The summed E-state index contributed by atoms with van der Waals surface area (Å²) in [5, 5.41) is 18.0. The molecule has 0 radical (unpaired) electrons. The number of halogens is 2. The van der Waals surface area contributed by atoms with Crippen LogP contribution in [0.5, 0.6) is 0 Å². The van der Waals surface area contributed by atoms with Crippen molar-refractivity contribution in [2.75, 3.05) is 0 Å². The van der Waals surface area contributed by atoms with E-state index in [0.29, 0.717) is 32.6 Å². The number of hydrogen-bond acceptors (Lipinski definition) is 6. The van der Waals surface area contributed by atoms with E-state index in [1.807, 2.05) is 37.3 Å². The zero-order chi connectivity index (χ0) is 17.4. The zero-order valence-electron chi connectivity index (χ0n) is 12.9. The molecule has 0 saturated carbocycles. The van der Waals surface area contributed by atoms with Crippen LogP contribution in [0.4, 0.5) is 0 Å². The summed E-state index contributed by atoms with van der Waals surface area (Å²) in [4.78, 5) is 0. The van der Waals surface area contributed by atoms with Crippen molar-refractivity contribution in [2.24, 2.45) is 0 Å². The molecule has 0 N–H and O–H groups in total. The Morgan fingerprint density at radius 2 is 1.88 bits per heavy atom. The fourth-order valence-corrected chi connectivity index (χ4v) is 3.65. The molecule has 3 aromatic heterocycles. The van der Waals surface area contributed by atoms with E-state index >= 15 is 0 Å². The van der Waals surface area contributed by atoms with Crippen LogP contribution in [0, 0.1) is 0 Å². The van der Waals surface area contributed by atoms with E-state index in [0.717, 1.165) is 5.56 Å². The smallest absolute Gasteiger partial charge is 0.247 e. The summed E-state index contributed by atoms with van der Waals surface area (Å²) in [6.07, 6.45) is 1.72. The van der Waals surface area contributed by atoms with Gasteiger partial charge in [0.15, 0.2) is 10.8 Å². The average Bonchev–Trinajstić information content (AvgIpc) is 3.24. The molecule has 0 saturated heterocycles. The minimum Gasteiger partial charge on any atom is -0.419 e. The maximum absolute atomic E-state index is 6.14. The molecule has 0 amide bonds. The van der Waals surface area contributed by atoms with Gasteiger partial charge in [-0.05, 0) is 25.1 Å². The molecule has 4 aromatic rings. The molecule has 0 bridgehead atoms. The van der Waals surface area contributed by atoms with Crippen molar-refractivity contribution in [1.29, 1.82) is 0 Å². The van der Waals surface area contributed by atoms with Crippen LogP contribution in [-0.4, -0.2) is 24.8 Å². The van der Waals surface area contributed by atoms with Gasteiger partial charge in [-0.2, -0.15) is 0 Å². The zero-order valence-corrected chi connectivity index (χ0v) is 15.3. The summed E-state index contributed by atoms with van der Waals surface area (Å²) in [5.74, 6) is 0.994. The van der Waals surface area contributed by atoms with Crippen LogP contribution in [0.15, 0.2) is 52.2 Å². The average molecular weight is 392 g/mol. The van der Waals surface area contributed by atoms with Crippen molar-refractivity contribution in [3.63, 3.8) is 0 Å². The molecule has 1 aromatic carbocycles. The van der Waals surface area contributed by atoms with Crippen molar-refractivity contribution in [1.82, 2.24) is 24.8 Å². The van der Waals surface area contributed by atoms with E-state index in [1.54, 1.807) is 16.7 Å². The van der Waals surface area contributed by atoms with Crippen molar-refractivity contribution in [2.45, 2.75) is 17.3 Å². The number of fused-ring (bicyclic) bond motifs is 1. The summed E-state index contributed by atoms with van der Waals surface area (Å²) >= 11 is 13.6. The normalized spacial score (nSPS) is 12.6. The summed E-state index contributed by atoms with van der Waals surface area (Å²) in [7, 11) is 0. The first-order valence-electron chi connectivity index (χ1n) is 7.37. The Balaban J connectivity index is 1.61. The van der Waals surface area contributed by atoms with Gasteiger partial charge in [0.05, 0.1) is 15.3 Å². The number of aromatic nitrogens is 5. The molecule has 1 atom stereocenters. The number of hydrogen-bond donors (Lipinski definition) is 0. The molecule has 25 heavy (non-hydrogen) atoms. The Morgan fingerprint density at radius 3 is 2.68 bits per heavy atom. The van der Waals surface area contributed by atoms with E-state index in [9.17, 15) is 0 Å². The lowest BCUT2D eigenvalue weighted by molar-refractivity contribution is 0.509. The lowest BCUT2D eigenvalue weighted by Crippen LogP contribution is -1.93. The van der Waals surface area contributed by atoms with Crippen LogP contribution in [0.25, 0.3) is 17.1 Å². The van der Waals surface area contributed by atoms with Crippen LogP contribution in [0.3, 0.4) is 0 Å². The highest BCUT2D eigenvalue weighted by Crippen LogP contribution is 2.35. The molecule has 0 fully saturated rings. The molecule has 0 spiro atoms. The lowest BCUT2D eigenvalue weighted by atomic mass is 10.2. The fourth-order valence-electron chi connectivity index (χ4n) is 2.29. The van der Waals surface area contributed by atoms with E-state index in [4.69, 9.17) is 27.6 Å². The molecule has 0 unspecified atom stereocenters. The first kappa shape index (κ1) is 16.4. The van der Waals surface area contributed by atoms with Crippen molar-refractivity contribution < 1.29 is 4.42 Å². The topological polar surface area (TPSA) is 69.1 Å². The predicted octanol–water partition coefficient (Wildman–Crippen LogP) is 4.94. The predicted molar refractivity (Wildman–Crippen MR) is 97.0 cm³/mol. The largest absolute Gasteiger partial charge is 0.419 e. The van der Waals surface area contributed by atoms with Gasteiger partial charge in [0.2, 0.25) is 11.8 Å². The Bertz CT molecular complexity index is 1030. The van der Waals surface area contributed by atoms with Gasteiger partial charge in [-0.15, -0.1) is 20.4 Å². The minimum absolute atomic E-state index is 0.116. The molecule has 4 rings (SSSR count). The second-order valence-electron chi connectivity index (χ2n) is 5.25. The van der Waals surface area contributed by atoms with E-state index in [1.165, 1.54) is 11.8 Å². The Hall–Kier alpha value is -2.09. The maximum atomic E-state index is 6.14. The van der Waals surface area contributed by atoms with Crippen LogP contribution in [0.2, 0.25) is 10.0 Å². The molecular formula is C16H11Cl2N5OS. The molecule has 3 heterocycles. The van der Waals surface area contributed by atoms with E-state index < -0.39 is 0 Å². The van der Waals surface area contributed by atoms with Gasteiger partial charge < -0.3 is 4.42 Å². The van der Waals surface area contributed by atoms with Crippen LogP contribution in [-0.2, 0) is 0 Å². The number of benzene rings is 1. The first-order valence-corrected chi connectivity index (χ1v) is 9.00. The van der Waals surface area contributed by atoms with Crippen molar-refractivity contribution >= 4 is 40.6 Å². The Labute approximate surface area is 157 Å².